The van der Waals surface area contributed by atoms with Gasteiger partial charge in [-0.2, -0.15) is 0 Å². The molecule has 0 saturated carbocycles. The predicted octanol–water partition coefficient (Wildman–Crippen LogP) is 1.97. The van der Waals surface area contributed by atoms with E-state index in [2.05, 4.69) is 12.2 Å². The highest BCUT2D eigenvalue weighted by molar-refractivity contribution is 8.22. The Morgan fingerprint density at radius 1 is 1.56 bits per heavy atom. The Bertz CT molecular complexity index is 353. The maximum atomic E-state index is 11.4. The fraction of sp³-hybridized carbons (Fsp3) is 0.900. The van der Waals surface area contributed by atoms with E-state index in [1.54, 1.807) is 11.8 Å². The molecule has 1 N–H and O–H groups in total. The van der Waals surface area contributed by atoms with Crippen LogP contribution < -0.4 is 5.32 Å². The van der Waals surface area contributed by atoms with Gasteiger partial charge in [-0.25, -0.2) is 8.42 Å². The van der Waals surface area contributed by atoms with Crippen molar-refractivity contribution in [1.29, 1.82) is 0 Å². The lowest BCUT2D eigenvalue weighted by molar-refractivity contribution is 0.477. The maximum Gasteiger partial charge on any atom is 0.152 e. The van der Waals surface area contributed by atoms with Crippen LogP contribution in [0.2, 0.25) is 0 Å². The Morgan fingerprint density at radius 2 is 2.25 bits per heavy atom. The molecule has 6 heteroatoms. The number of thiocarbonyl (C=S) groups is 1. The Morgan fingerprint density at radius 3 is 2.75 bits per heavy atom. The summed E-state index contributed by atoms with van der Waals surface area (Å²) in [6.45, 7) is 4.08. The summed E-state index contributed by atoms with van der Waals surface area (Å²) in [4.78, 5) is 0. The topological polar surface area (TPSA) is 46.2 Å². The molecule has 0 aromatic rings. The third kappa shape index (κ3) is 4.59. The van der Waals surface area contributed by atoms with Crippen LogP contribution >= 0.6 is 24.0 Å². The van der Waals surface area contributed by atoms with Gasteiger partial charge in [0.25, 0.3) is 0 Å². The summed E-state index contributed by atoms with van der Waals surface area (Å²) < 4.78 is 23.5. The summed E-state index contributed by atoms with van der Waals surface area (Å²) in [7, 11) is -2.86. The summed E-state index contributed by atoms with van der Waals surface area (Å²) in [6.07, 6.45) is 2.95. The molecule has 3 nitrogen and oxygen atoms in total. The number of unbranched alkanes of at least 4 members (excludes halogenated alkanes) is 1. The number of thioether (sulfide) groups is 1. The third-order valence-corrected chi connectivity index (χ3v) is 5.85. The van der Waals surface area contributed by atoms with Crippen molar-refractivity contribution in [3.8, 4) is 0 Å². The second-order valence-electron chi connectivity index (χ2n) is 4.52. The Labute approximate surface area is 108 Å². The Hall–Kier alpha value is 0.190. The van der Waals surface area contributed by atoms with Crippen LogP contribution in [0.15, 0.2) is 0 Å². The summed E-state index contributed by atoms with van der Waals surface area (Å²) in [6, 6.07) is 0. The molecule has 0 aromatic carbocycles. The molecule has 1 heterocycles. The number of rotatable bonds is 4. The van der Waals surface area contributed by atoms with Gasteiger partial charge in [0, 0.05) is 5.75 Å². The lowest BCUT2D eigenvalue weighted by Crippen LogP contribution is -2.45. The molecule has 0 aliphatic carbocycles. The van der Waals surface area contributed by atoms with Gasteiger partial charge in [0.1, 0.15) is 4.32 Å². The van der Waals surface area contributed by atoms with Gasteiger partial charge < -0.3 is 5.32 Å². The van der Waals surface area contributed by atoms with Crippen molar-refractivity contribution in [2.45, 2.75) is 38.6 Å². The van der Waals surface area contributed by atoms with E-state index in [0.717, 1.165) is 22.9 Å². The average molecular weight is 281 g/mol. The van der Waals surface area contributed by atoms with E-state index in [-0.39, 0.29) is 17.0 Å². The van der Waals surface area contributed by atoms with Gasteiger partial charge in [-0.15, -0.1) is 0 Å². The van der Waals surface area contributed by atoms with Crippen LogP contribution in [0.3, 0.4) is 0 Å². The molecule has 0 aromatic heterocycles. The van der Waals surface area contributed by atoms with Crippen LogP contribution in [-0.2, 0) is 9.84 Å². The monoisotopic (exact) mass is 281 g/mol. The summed E-state index contributed by atoms with van der Waals surface area (Å²) >= 11 is 6.82. The quantitative estimate of drug-likeness (QED) is 0.630. The number of hydrogen-bond acceptors (Lipinski definition) is 4. The molecule has 1 rings (SSSR count). The molecule has 1 saturated heterocycles. The van der Waals surface area contributed by atoms with Crippen molar-refractivity contribution in [1.82, 2.24) is 5.32 Å². The highest BCUT2D eigenvalue weighted by Gasteiger charge is 2.38. The second-order valence-corrected chi connectivity index (χ2v) is 8.47. The van der Waals surface area contributed by atoms with Crippen molar-refractivity contribution in [3.05, 3.63) is 0 Å². The van der Waals surface area contributed by atoms with Gasteiger partial charge in [-0.3, -0.25) is 0 Å². The first-order valence-corrected chi connectivity index (χ1v) is 8.74. The predicted molar refractivity (Wildman–Crippen MR) is 74.8 cm³/mol. The first kappa shape index (κ1) is 14.3. The molecule has 1 fully saturated rings. The van der Waals surface area contributed by atoms with Crippen LogP contribution in [0, 0.1) is 0 Å². The minimum Gasteiger partial charge on any atom is -0.365 e. The van der Waals surface area contributed by atoms with E-state index in [1.165, 1.54) is 0 Å². The Kier molecular flexibility index (Phi) is 5.07. The molecule has 0 bridgehead atoms. The van der Waals surface area contributed by atoms with Gasteiger partial charge >= 0.3 is 0 Å². The molecule has 0 amide bonds. The largest absolute Gasteiger partial charge is 0.365 e. The fourth-order valence-corrected chi connectivity index (χ4v) is 5.23. The summed E-state index contributed by atoms with van der Waals surface area (Å²) in [5.41, 5.74) is -0.352. The molecule has 1 atom stereocenters. The average Bonchev–Trinajstić information content (AvgIpc) is 2.40. The maximum absolute atomic E-state index is 11.4. The van der Waals surface area contributed by atoms with Gasteiger partial charge in [-0.1, -0.05) is 37.3 Å². The summed E-state index contributed by atoms with van der Waals surface area (Å²) in [5.74, 6) is 1.48. The van der Waals surface area contributed by atoms with E-state index in [4.69, 9.17) is 12.2 Å². The molecular formula is C10H19NO2S3. The van der Waals surface area contributed by atoms with Crippen LogP contribution in [0.4, 0.5) is 0 Å². The van der Waals surface area contributed by atoms with Crippen molar-refractivity contribution in [2.24, 2.45) is 0 Å². The SMILES string of the molecule is CCCCSC(=S)N[C@@]1(C)CCS(=O)(=O)C1. The molecule has 94 valence electrons. The molecule has 16 heavy (non-hydrogen) atoms. The Balaban J connectivity index is 2.39. The van der Waals surface area contributed by atoms with E-state index >= 15 is 0 Å². The zero-order chi connectivity index (χ0) is 12.2. The minimum atomic E-state index is -2.86. The normalized spacial score (nSPS) is 27.9. The zero-order valence-corrected chi connectivity index (χ0v) is 12.2. The minimum absolute atomic E-state index is 0.203. The lowest BCUT2D eigenvalue weighted by atomic mass is 10.0. The fourth-order valence-electron chi connectivity index (χ4n) is 1.70. The van der Waals surface area contributed by atoms with Crippen molar-refractivity contribution < 1.29 is 8.42 Å². The van der Waals surface area contributed by atoms with Crippen molar-refractivity contribution >= 4 is 38.1 Å². The molecule has 0 spiro atoms. The molecule has 0 unspecified atom stereocenters. The molecule has 1 aliphatic heterocycles. The van der Waals surface area contributed by atoms with Crippen LogP contribution in [0.5, 0.6) is 0 Å². The van der Waals surface area contributed by atoms with Gasteiger partial charge in [0.15, 0.2) is 9.84 Å². The van der Waals surface area contributed by atoms with Crippen LogP contribution in [0.25, 0.3) is 0 Å². The molecule has 1 aliphatic rings. The van der Waals surface area contributed by atoms with E-state index < -0.39 is 9.84 Å². The first-order valence-electron chi connectivity index (χ1n) is 5.52. The first-order chi connectivity index (χ1) is 7.37. The van der Waals surface area contributed by atoms with E-state index in [0.29, 0.717) is 6.42 Å². The summed E-state index contributed by atoms with van der Waals surface area (Å²) in [5, 5.41) is 3.18. The van der Waals surface area contributed by atoms with Crippen LogP contribution in [0.1, 0.15) is 33.1 Å². The van der Waals surface area contributed by atoms with Crippen molar-refractivity contribution in [3.63, 3.8) is 0 Å². The number of nitrogens with one attached hydrogen (secondary N) is 1. The third-order valence-electron chi connectivity index (χ3n) is 2.64. The number of sulfone groups is 1. The number of hydrogen-bond donors (Lipinski definition) is 1. The van der Waals surface area contributed by atoms with Gasteiger partial charge in [0.2, 0.25) is 0 Å². The molecule has 0 radical (unpaired) electrons. The van der Waals surface area contributed by atoms with Crippen LogP contribution in [-0.4, -0.2) is 35.5 Å². The molecular weight excluding hydrogens is 262 g/mol. The lowest BCUT2D eigenvalue weighted by Gasteiger charge is -2.25. The van der Waals surface area contributed by atoms with Crippen molar-refractivity contribution in [2.75, 3.05) is 17.3 Å². The second kappa shape index (κ2) is 5.69. The van der Waals surface area contributed by atoms with Gasteiger partial charge in [-0.05, 0) is 19.8 Å². The highest BCUT2D eigenvalue weighted by atomic mass is 32.2. The standard InChI is InChI=1S/C10H19NO2S3/c1-3-4-6-15-9(14)11-10(2)5-7-16(12,13)8-10/h3-8H2,1-2H3,(H,11,14)/t10-/m0/s1. The zero-order valence-electron chi connectivity index (χ0n) is 9.78. The van der Waals surface area contributed by atoms with E-state index in [9.17, 15) is 8.42 Å². The van der Waals surface area contributed by atoms with Gasteiger partial charge in [0.05, 0.1) is 17.0 Å². The highest BCUT2D eigenvalue weighted by Crippen LogP contribution is 2.24. The smallest absolute Gasteiger partial charge is 0.152 e. The van der Waals surface area contributed by atoms with E-state index in [1.807, 2.05) is 6.92 Å².